The zero-order chi connectivity index (χ0) is 13.5. The normalized spacial score (nSPS) is 16.5. The van der Waals surface area contributed by atoms with Crippen LogP contribution in [-0.2, 0) is 9.47 Å². The van der Waals surface area contributed by atoms with Crippen LogP contribution in [0.25, 0.3) is 0 Å². The van der Waals surface area contributed by atoms with E-state index in [2.05, 4.69) is 14.9 Å². The molecule has 0 spiro atoms. The van der Waals surface area contributed by atoms with Crippen LogP contribution in [0.2, 0.25) is 0 Å². The first-order valence-corrected chi connectivity index (χ1v) is 7.43. The van der Waals surface area contributed by atoms with E-state index < -0.39 is 0 Å². The Morgan fingerprint density at radius 1 is 1.58 bits per heavy atom. The highest BCUT2D eigenvalue weighted by Gasteiger charge is 2.12. The quantitative estimate of drug-likeness (QED) is 0.621. The number of ether oxygens (including phenoxy) is 2. The number of carbonyl (C=O) groups excluding carboxylic acids is 1. The summed E-state index contributed by atoms with van der Waals surface area (Å²) in [6.07, 6.45) is 1.52. The first kappa shape index (κ1) is 14.4. The molecule has 19 heavy (non-hydrogen) atoms. The lowest BCUT2D eigenvalue weighted by atomic mass is 10.4. The fourth-order valence-electron chi connectivity index (χ4n) is 1.79. The summed E-state index contributed by atoms with van der Waals surface area (Å²) in [6.45, 7) is 6.78. The molecule has 0 aliphatic carbocycles. The van der Waals surface area contributed by atoms with E-state index in [-0.39, 0.29) is 5.97 Å². The molecule has 0 atom stereocenters. The number of thioether (sulfide) groups is 1. The first-order valence-electron chi connectivity index (χ1n) is 6.44. The van der Waals surface area contributed by atoms with Gasteiger partial charge in [0.1, 0.15) is 5.69 Å². The third kappa shape index (κ3) is 4.52. The monoisotopic (exact) mass is 285 g/mol. The lowest BCUT2D eigenvalue weighted by Crippen LogP contribution is -2.37. The van der Waals surface area contributed by atoms with Crippen LogP contribution in [0.5, 0.6) is 0 Å². The number of aromatic amines is 1. The van der Waals surface area contributed by atoms with Crippen LogP contribution in [0.4, 0.5) is 0 Å². The van der Waals surface area contributed by atoms with Gasteiger partial charge in [-0.1, -0.05) is 11.8 Å². The molecule has 1 aliphatic heterocycles. The molecule has 0 radical (unpaired) electrons. The second-order valence-electron chi connectivity index (χ2n) is 4.12. The van der Waals surface area contributed by atoms with E-state index in [9.17, 15) is 4.79 Å². The number of H-pyrrole nitrogens is 1. The number of aromatic nitrogens is 2. The smallest absolute Gasteiger partial charge is 0.356 e. The summed E-state index contributed by atoms with van der Waals surface area (Å²) in [5.74, 6) is 0.588. The van der Waals surface area contributed by atoms with E-state index in [1.54, 1.807) is 18.7 Å². The standard InChI is InChI=1S/C12H19N3O3S/c1-2-18-11(16)10-9-13-12(14-10)19-8-5-15-3-6-17-7-4-15/h9H,2-8H2,1H3,(H,13,14). The lowest BCUT2D eigenvalue weighted by Gasteiger charge is -2.26. The van der Waals surface area contributed by atoms with Gasteiger partial charge < -0.3 is 14.5 Å². The maximum atomic E-state index is 11.5. The van der Waals surface area contributed by atoms with Crippen molar-refractivity contribution in [3.8, 4) is 0 Å². The van der Waals surface area contributed by atoms with Crippen molar-refractivity contribution in [2.24, 2.45) is 0 Å². The highest BCUT2D eigenvalue weighted by Crippen LogP contribution is 2.14. The van der Waals surface area contributed by atoms with Crippen molar-refractivity contribution in [3.63, 3.8) is 0 Å². The largest absolute Gasteiger partial charge is 0.461 e. The lowest BCUT2D eigenvalue weighted by molar-refractivity contribution is 0.0410. The maximum absolute atomic E-state index is 11.5. The van der Waals surface area contributed by atoms with Crippen LogP contribution in [0, 0.1) is 0 Å². The van der Waals surface area contributed by atoms with Crippen LogP contribution in [-0.4, -0.2) is 66.0 Å². The SMILES string of the molecule is CCOC(=O)c1cnc(SCCN2CCOCC2)[nH]1. The Morgan fingerprint density at radius 2 is 2.37 bits per heavy atom. The summed E-state index contributed by atoms with van der Waals surface area (Å²) in [7, 11) is 0. The van der Waals surface area contributed by atoms with Gasteiger partial charge in [-0.2, -0.15) is 0 Å². The molecule has 0 bridgehead atoms. The minimum Gasteiger partial charge on any atom is -0.461 e. The molecule has 2 heterocycles. The van der Waals surface area contributed by atoms with E-state index in [4.69, 9.17) is 9.47 Å². The van der Waals surface area contributed by atoms with Crippen molar-refractivity contribution in [1.29, 1.82) is 0 Å². The fraction of sp³-hybridized carbons (Fsp3) is 0.667. The fourth-order valence-corrected chi connectivity index (χ4v) is 2.64. The summed E-state index contributed by atoms with van der Waals surface area (Å²) in [4.78, 5) is 21.0. The van der Waals surface area contributed by atoms with Crippen molar-refractivity contribution >= 4 is 17.7 Å². The summed E-state index contributed by atoms with van der Waals surface area (Å²) < 4.78 is 10.2. The zero-order valence-electron chi connectivity index (χ0n) is 11.1. The molecule has 7 heteroatoms. The van der Waals surface area contributed by atoms with Gasteiger partial charge in [0.2, 0.25) is 0 Å². The molecule has 0 amide bonds. The highest BCUT2D eigenvalue weighted by atomic mass is 32.2. The predicted molar refractivity (Wildman–Crippen MR) is 72.5 cm³/mol. The molecule has 1 fully saturated rings. The maximum Gasteiger partial charge on any atom is 0.356 e. The minimum absolute atomic E-state index is 0.352. The number of nitrogens with zero attached hydrogens (tertiary/aromatic N) is 2. The van der Waals surface area contributed by atoms with Gasteiger partial charge >= 0.3 is 5.97 Å². The van der Waals surface area contributed by atoms with E-state index in [0.717, 1.165) is 43.8 Å². The average molecular weight is 285 g/mol. The van der Waals surface area contributed by atoms with Crippen molar-refractivity contribution < 1.29 is 14.3 Å². The molecular weight excluding hydrogens is 266 g/mol. The van der Waals surface area contributed by atoms with Crippen LogP contribution < -0.4 is 0 Å². The van der Waals surface area contributed by atoms with Gasteiger partial charge in [0.25, 0.3) is 0 Å². The minimum atomic E-state index is -0.352. The molecule has 1 N–H and O–H groups in total. The van der Waals surface area contributed by atoms with Crippen molar-refractivity contribution in [2.75, 3.05) is 45.2 Å². The van der Waals surface area contributed by atoms with Crippen molar-refractivity contribution in [2.45, 2.75) is 12.1 Å². The zero-order valence-corrected chi connectivity index (χ0v) is 11.9. The van der Waals surface area contributed by atoms with Crippen LogP contribution in [0.15, 0.2) is 11.4 Å². The molecular formula is C12H19N3O3S. The molecule has 1 saturated heterocycles. The number of hydrogen-bond acceptors (Lipinski definition) is 6. The van der Waals surface area contributed by atoms with E-state index in [0.29, 0.717) is 12.3 Å². The molecule has 2 rings (SSSR count). The molecule has 0 unspecified atom stereocenters. The van der Waals surface area contributed by atoms with Gasteiger partial charge in [0, 0.05) is 25.4 Å². The molecule has 106 valence electrons. The molecule has 1 aromatic rings. The van der Waals surface area contributed by atoms with Crippen LogP contribution in [0.3, 0.4) is 0 Å². The summed E-state index contributed by atoms with van der Waals surface area (Å²) in [5, 5.41) is 0.760. The van der Waals surface area contributed by atoms with Crippen LogP contribution in [0.1, 0.15) is 17.4 Å². The number of rotatable bonds is 6. The third-order valence-electron chi connectivity index (χ3n) is 2.80. The number of esters is 1. The Labute approximate surface area is 116 Å². The Morgan fingerprint density at radius 3 is 3.11 bits per heavy atom. The van der Waals surface area contributed by atoms with Crippen LogP contribution >= 0.6 is 11.8 Å². The van der Waals surface area contributed by atoms with Gasteiger partial charge in [-0.25, -0.2) is 9.78 Å². The molecule has 6 nitrogen and oxygen atoms in total. The third-order valence-corrected chi connectivity index (χ3v) is 3.67. The van der Waals surface area contributed by atoms with E-state index in [1.165, 1.54) is 6.20 Å². The highest BCUT2D eigenvalue weighted by molar-refractivity contribution is 7.99. The topological polar surface area (TPSA) is 67.4 Å². The van der Waals surface area contributed by atoms with Gasteiger partial charge in [-0.3, -0.25) is 4.90 Å². The second kappa shape index (κ2) is 7.52. The Bertz CT molecular complexity index is 405. The van der Waals surface area contributed by atoms with Gasteiger partial charge in [0.05, 0.1) is 26.0 Å². The summed E-state index contributed by atoms with van der Waals surface area (Å²) in [5.41, 5.74) is 0.413. The second-order valence-corrected chi connectivity index (χ2v) is 5.21. The Kier molecular flexibility index (Phi) is 5.68. The Hall–Kier alpha value is -1.05. The Balaban J connectivity index is 1.72. The summed E-state index contributed by atoms with van der Waals surface area (Å²) in [6, 6.07) is 0. The number of nitrogens with one attached hydrogen (secondary N) is 1. The average Bonchev–Trinajstić information content (AvgIpc) is 2.89. The first-order chi connectivity index (χ1) is 9.29. The predicted octanol–water partition coefficient (Wildman–Crippen LogP) is 1.01. The number of morpholine rings is 1. The molecule has 0 aromatic carbocycles. The number of hydrogen-bond donors (Lipinski definition) is 1. The number of carbonyl (C=O) groups is 1. The van der Waals surface area contributed by atoms with Gasteiger partial charge in [-0.15, -0.1) is 0 Å². The number of imidazole rings is 1. The van der Waals surface area contributed by atoms with Gasteiger partial charge in [0.15, 0.2) is 5.16 Å². The van der Waals surface area contributed by atoms with Gasteiger partial charge in [-0.05, 0) is 6.92 Å². The van der Waals surface area contributed by atoms with E-state index in [1.807, 2.05) is 0 Å². The van der Waals surface area contributed by atoms with Crippen molar-refractivity contribution in [3.05, 3.63) is 11.9 Å². The van der Waals surface area contributed by atoms with E-state index >= 15 is 0 Å². The summed E-state index contributed by atoms with van der Waals surface area (Å²) >= 11 is 1.61. The molecule has 1 aromatic heterocycles. The van der Waals surface area contributed by atoms with Crippen molar-refractivity contribution in [1.82, 2.24) is 14.9 Å². The molecule has 1 aliphatic rings. The molecule has 0 saturated carbocycles.